The number of quaternary nitrogens is 1. The zero-order valence-corrected chi connectivity index (χ0v) is 45.5. The van der Waals surface area contributed by atoms with Crippen molar-refractivity contribution in [1.29, 1.82) is 0 Å². The van der Waals surface area contributed by atoms with Gasteiger partial charge in [-0.25, -0.2) is 9.59 Å². The van der Waals surface area contributed by atoms with Crippen LogP contribution >= 0.6 is 0 Å². The van der Waals surface area contributed by atoms with Crippen molar-refractivity contribution in [2.24, 2.45) is 0 Å². The molecule has 4 heterocycles. The molecule has 0 radical (unpaired) electrons. The molecular weight excluding hydrogens is 1080 g/mol. The number of rotatable bonds is 26. The van der Waals surface area contributed by atoms with Crippen LogP contribution in [0.4, 0.5) is 19.1 Å². The Morgan fingerprint density at radius 2 is 1.65 bits per heavy atom. The van der Waals surface area contributed by atoms with E-state index in [9.17, 15) is 56.1 Å². The van der Waals surface area contributed by atoms with Gasteiger partial charge in [-0.3, -0.25) is 33.4 Å². The maximum atomic E-state index is 17.1. The molecule has 0 spiro atoms. The second-order valence-electron chi connectivity index (χ2n) is 19.3. The SMILES string of the molecule is COc1cc(C(C)OC(=O)On2c(O)cc(S(=O)(=O)OC)c2O)c([N+](=O)[O-])cc1OCCN(C)CCOC(=O)C(CS(=O)(=O)O)NC(=O)CCc1cc(C)c2n1[B-](F)(F)[N+]1=C(c3ccccc3)C=C(CCC[N+](C)(C)C)C1=C2. The van der Waals surface area contributed by atoms with Crippen LogP contribution in [0.2, 0.25) is 0 Å². The average molecular weight is 1140 g/mol. The lowest BCUT2D eigenvalue weighted by Gasteiger charge is -2.32. The zero-order valence-electron chi connectivity index (χ0n) is 43.9. The lowest BCUT2D eigenvalue weighted by atomic mass is 9.88. The van der Waals surface area contributed by atoms with E-state index in [1.165, 1.54) is 14.0 Å². The van der Waals surface area contributed by atoms with Gasteiger partial charge in [0, 0.05) is 61.0 Å². The number of benzene rings is 2. The third-order valence-electron chi connectivity index (χ3n) is 12.6. The summed E-state index contributed by atoms with van der Waals surface area (Å²) >= 11 is 0. The van der Waals surface area contributed by atoms with Crippen LogP contribution in [-0.4, -0.2) is 177 Å². The summed E-state index contributed by atoms with van der Waals surface area (Å²) < 4.78 is 120. The lowest BCUT2D eigenvalue weighted by Crippen LogP contribution is -2.51. The Morgan fingerprint density at radius 1 is 0.974 bits per heavy atom. The first-order valence-electron chi connectivity index (χ1n) is 24.1. The smallest absolute Gasteiger partial charge is 0.493 e. The quantitative estimate of drug-likeness (QED) is 0.0132. The highest BCUT2D eigenvalue weighted by Crippen LogP contribution is 2.41. The highest BCUT2D eigenvalue weighted by molar-refractivity contribution is 7.87. The van der Waals surface area contributed by atoms with Gasteiger partial charge in [-0.05, 0) is 69.3 Å². The molecule has 30 heteroatoms. The second kappa shape index (κ2) is 24.1. The van der Waals surface area contributed by atoms with Crippen molar-refractivity contribution in [1.82, 2.24) is 19.4 Å². The average Bonchev–Trinajstić information content (AvgIpc) is 4.12. The number of aromatic hydroxyl groups is 2. The molecule has 1 amide bonds. The highest BCUT2D eigenvalue weighted by atomic mass is 32.2. The fraction of sp³-hybridized carbons (Fsp3) is 0.417. The maximum absolute atomic E-state index is 17.1. The molecule has 0 saturated heterocycles. The molecule has 25 nitrogen and oxygen atoms in total. The van der Waals surface area contributed by atoms with E-state index in [1.807, 2.05) is 6.08 Å². The summed E-state index contributed by atoms with van der Waals surface area (Å²) in [5.41, 5.74) is 2.23. The van der Waals surface area contributed by atoms with Gasteiger partial charge in [0.2, 0.25) is 11.8 Å². The molecular formula is C48H61BF2N7O18S2+. The molecule has 2 unspecified atom stereocenters. The van der Waals surface area contributed by atoms with Gasteiger partial charge >= 0.3 is 29.2 Å². The van der Waals surface area contributed by atoms with E-state index in [1.54, 1.807) is 61.3 Å². The van der Waals surface area contributed by atoms with Crippen LogP contribution in [-0.2, 0) is 49.9 Å². The predicted molar refractivity (Wildman–Crippen MR) is 275 cm³/mol. The van der Waals surface area contributed by atoms with Crippen molar-refractivity contribution < 1.29 is 96.5 Å². The lowest BCUT2D eigenvalue weighted by molar-refractivity contribution is -0.870. The van der Waals surface area contributed by atoms with Gasteiger partial charge in [0.15, 0.2) is 27.8 Å². The number of nitro groups is 1. The van der Waals surface area contributed by atoms with Crippen LogP contribution in [0.5, 0.6) is 23.3 Å². The van der Waals surface area contributed by atoms with Crippen molar-refractivity contribution >= 4 is 62.7 Å². The van der Waals surface area contributed by atoms with Gasteiger partial charge in [-0.1, -0.05) is 18.2 Å². The molecule has 2 aliphatic heterocycles. The highest BCUT2D eigenvalue weighted by Gasteiger charge is 2.54. The number of nitro benzene ring substituents is 1. The molecule has 2 aromatic carbocycles. The number of aryl methyl sites for hydroxylation is 2. The summed E-state index contributed by atoms with van der Waals surface area (Å²) in [6.07, 6.45) is 1.10. The Kier molecular flexibility index (Phi) is 18.5. The van der Waals surface area contributed by atoms with Crippen LogP contribution < -0.4 is 19.6 Å². The van der Waals surface area contributed by atoms with E-state index in [2.05, 4.69) is 30.6 Å². The van der Waals surface area contributed by atoms with E-state index < -0.39 is 96.8 Å². The van der Waals surface area contributed by atoms with Gasteiger partial charge in [-0.2, -0.15) is 16.8 Å². The number of nitrogens with zero attached hydrogens (tertiary/aromatic N) is 6. The first-order chi connectivity index (χ1) is 36.5. The second-order valence-corrected chi connectivity index (χ2v) is 22.5. The van der Waals surface area contributed by atoms with Gasteiger partial charge < -0.3 is 56.6 Å². The molecule has 2 aliphatic rings. The molecule has 2 atom stereocenters. The fourth-order valence-corrected chi connectivity index (χ4v) is 10.1. The number of nitrogens with one attached hydrogen (secondary N) is 1. The Balaban J connectivity index is 1.04. The van der Waals surface area contributed by atoms with E-state index in [4.69, 9.17) is 23.8 Å². The van der Waals surface area contributed by atoms with Gasteiger partial charge in [-0.15, -0.1) is 4.73 Å². The Hall–Kier alpha value is -7.38. The zero-order chi connectivity index (χ0) is 57.7. The first-order valence-corrected chi connectivity index (χ1v) is 27.1. The number of methoxy groups -OCH3 is 1. The molecule has 4 aromatic rings. The fourth-order valence-electron chi connectivity index (χ4n) is 8.74. The summed E-state index contributed by atoms with van der Waals surface area (Å²) in [6.45, 7) is -1.18. The van der Waals surface area contributed by atoms with E-state index in [0.717, 1.165) is 46.7 Å². The summed E-state index contributed by atoms with van der Waals surface area (Å²) in [6, 6.07) is 11.2. The Morgan fingerprint density at radius 3 is 2.28 bits per heavy atom. The van der Waals surface area contributed by atoms with Crippen molar-refractivity contribution in [2.45, 2.75) is 56.6 Å². The summed E-state index contributed by atoms with van der Waals surface area (Å²) in [5.74, 6) is -5.81. The van der Waals surface area contributed by atoms with E-state index in [0.29, 0.717) is 39.5 Å². The third-order valence-corrected chi connectivity index (χ3v) is 14.6. The number of carbonyl (C=O) groups excluding carboxylic acids is 3. The number of hydrogen-bond acceptors (Lipinski definition) is 18. The van der Waals surface area contributed by atoms with Crippen molar-refractivity contribution in [3.8, 4) is 23.3 Å². The van der Waals surface area contributed by atoms with Crippen LogP contribution in [0.3, 0.4) is 0 Å². The van der Waals surface area contributed by atoms with Gasteiger partial charge in [0.1, 0.15) is 31.1 Å². The molecule has 0 aliphatic carbocycles. The molecule has 0 fully saturated rings. The molecule has 4 N–H and O–H groups in total. The minimum Gasteiger partial charge on any atom is -0.493 e. The standard InChI is InChI=1S/C48H60BF2N7O18S2/c1-30-23-34(54-37(30)26-39-33(15-12-20-58(4,5)6)24-38(55(39)49(54,50)51)32-13-10-9-11-14-32)16-17-44(59)52-36(29-77(66,67)68)47(62)74-22-19-53(3)18-21-73-42-27-40(57(64)65)35(25-41(42)71-7)31(2)75-48(63)76-56-45(60)28-43(46(56)61)78(69,70)72-8/h9-11,13-14,23-28,31,36H,12,15-22,29H2,1-8H3,(H3-,52,59,60,61,66,67,68)/p+1. The Bertz CT molecular complexity index is 3280. The molecule has 0 saturated carbocycles. The molecule has 424 valence electrons. The number of ether oxygens (including phenoxy) is 4. The van der Waals surface area contributed by atoms with Crippen molar-refractivity contribution in [3.05, 3.63) is 110 Å². The van der Waals surface area contributed by atoms with Crippen LogP contribution in [0.25, 0.3) is 6.08 Å². The summed E-state index contributed by atoms with van der Waals surface area (Å²) in [5, 5.41) is 34.6. The number of aromatic nitrogens is 2. The number of halogens is 2. The largest absolute Gasteiger partial charge is 0.737 e. The topological polar surface area (TPSA) is 307 Å². The number of likely N-dealkylation sites (N-methyl/N-ethyl adjacent to an activating group) is 1. The minimum absolute atomic E-state index is 0.00332. The van der Waals surface area contributed by atoms with Gasteiger partial charge in [0.25, 0.3) is 21.7 Å². The Labute approximate surface area is 448 Å². The van der Waals surface area contributed by atoms with Gasteiger partial charge in [0.05, 0.1) is 58.5 Å². The van der Waals surface area contributed by atoms with E-state index >= 15 is 8.63 Å². The molecule has 2 aromatic heterocycles. The minimum atomic E-state index is -4.87. The molecule has 6 rings (SSSR count). The summed E-state index contributed by atoms with van der Waals surface area (Å²) in [7, 11) is 0.353. The third kappa shape index (κ3) is 14.2. The van der Waals surface area contributed by atoms with Crippen molar-refractivity contribution in [2.75, 3.05) is 81.0 Å². The van der Waals surface area contributed by atoms with E-state index in [-0.39, 0.29) is 65.9 Å². The number of allylic oxidation sites excluding steroid dienone is 2. The molecule has 78 heavy (non-hydrogen) atoms. The monoisotopic (exact) mass is 1140 g/mol. The molecule has 0 bridgehead atoms. The number of amides is 1. The number of fused-ring (bicyclic) bond motifs is 2. The summed E-state index contributed by atoms with van der Waals surface area (Å²) in [4.78, 5) is 55.9. The number of esters is 1. The maximum Gasteiger partial charge on any atom is 0.737 e. The van der Waals surface area contributed by atoms with Crippen molar-refractivity contribution in [3.63, 3.8) is 0 Å². The predicted octanol–water partition coefficient (Wildman–Crippen LogP) is 3.95. The number of hydrogen-bond donors (Lipinski definition) is 4. The van der Waals surface area contributed by atoms with Crippen LogP contribution in [0.1, 0.15) is 60.4 Å². The van der Waals surface area contributed by atoms with Crippen LogP contribution in [0.15, 0.2) is 76.8 Å². The normalized spacial score (nSPS) is 14.9. The number of carbonyl (C=O) groups is 3. The first kappa shape index (κ1) is 59.9. The van der Waals surface area contributed by atoms with Crippen LogP contribution in [0, 0.1) is 17.0 Å².